The highest BCUT2D eigenvalue weighted by Gasteiger charge is 2.18. The van der Waals surface area contributed by atoms with Gasteiger partial charge in [-0.1, -0.05) is 15.9 Å². The zero-order valence-corrected chi connectivity index (χ0v) is 9.83. The molecule has 1 aromatic carbocycles. The molecule has 1 heterocycles. The van der Waals surface area contributed by atoms with Crippen LogP contribution in [0.1, 0.15) is 17.0 Å². The number of hydrogen-bond donors (Lipinski definition) is 1. The first-order chi connectivity index (χ1) is 7.72. The minimum absolute atomic E-state index is 0.365. The molecular formula is C12H8BrFN2. The first-order valence-electron chi connectivity index (χ1n) is 4.69. The highest BCUT2D eigenvalue weighted by atomic mass is 79.9. The standard InChI is InChI=1S/C12H8BrFN2/c13-9-1-2-12(14)10(5-9)11(6-15)8-3-4-16-7-8/h1-5,7,11,16H. The van der Waals surface area contributed by atoms with E-state index in [0.29, 0.717) is 5.56 Å². The molecule has 4 heteroatoms. The summed E-state index contributed by atoms with van der Waals surface area (Å²) in [6, 6.07) is 8.49. The van der Waals surface area contributed by atoms with E-state index in [1.165, 1.54) is 6.07 Å². The maximum Gasteiger partial charge on any atom is 0.128 e. The van der Waals surface area contributed by atoms with E-state index in [0.717, 1.165) is 10.0 Å². The second kappa shape index (κ2) is 4.50. The lowest BCUT2D eigenvalue weighted by atomic mass is 9.94. The van der Waals surface area contributed by atoms with Crippen LogP contribution in [0.3, 0.4) is 0 Å². The minimum Gasteiger partial charge on any atom is -0.367 e. The topological polar surface area (TPSA) is 39.6 Å². The van der Waals surface area contributed by atoms with Crippen molar-refractivity contribution in [3.05, 3.63) is 58.1 Å². The molecule has 1 atom stereocenters. The second-order valence-corrected chi connectivity index (χ2v) is 4.29. The number of nitriles is 1. The maximum absolute atomic E-state index is 13.6. The van der Waals surface area contributed by atoms with Crippen molar-refractivity contribution in [2.75, 3.05) is 0 Å². The molecule has 0 amide bonds. The molecule has 0 bridgehead atoms. The van der Waals surface area contributed by atoms with Crippen molar-refractivity contribution in [2.24, 2.45) is 0 Å². The molecule has 1 N–H and O–H groups in total. The second-order valence-electron chi connectivity index (χ2n) is 3.37. The Labute approximate surface area is 101 Å². The number of aromatic amines is 1. The SMILES string of the molecule is N#CC(c1cc[nH]c1)c1cc(Br)ccc1F. The van der Waals surface area contributed by atoms with Crippen molar-refractivity contribution in [1.82, 2.24) is 4.98 Å². The zero-order chi connectivity index (χ0) is 11.5. The van der Waals surface area contributed by atoms with Gasteiger partial charge in [0.05, 0.1) is 6.07 Å². The van der Waals surface area contributed by atoms with E-state index in [2.05, 4.69) is 27.0 Å². The molecule has 0 saturated heterocycles. The number of rotatable bonds is 2. The van der Waals surface area contributed by atoms with Crippen LogP contribution in [0.5, 0.6) is 0 Å². The van der Waals surface area contributed by atoms with Gasteiger partial charge in [0.15, 0.2) is 0 Å². The molecular weight excluding hydrogens is 271 g/mol. The quantitative estimate of drug-likeness (QED) is 0.896. The zero-order valence-electron chi connectivity index (χ0n) is 8.24. The molecule has 0 aliphatic carbocycles. The lowest BCUT2D eigenvalue weighted by Crippen LogP contribution is -2.00. The molecule has 1 unspecified atom stereocenters. The van der Waals surface area contributed by atoms with Crippen LogP contribution in [0.25, 0.3) is 0 Å². The van der Waals surface area contributed by atoms with Crippen molar-refractivity contribution in [2.45, 2.75) is 5.92 Å². The number of halogens is 2. The fourth-order valence-electron chi connectivity index (χ4n) is 1.58. The third kappa shape index (κ3) is 2.00. The van der Waals surface area contributed by atoms with Crippen LogP contribution < -0.4 is 0 Å². The Kier molecular flexibility index (Phi) is 3.07. The number of aromatic nitrogens is 1. The van der Waals surface area contributed by atoms with Gasteiger partial charge in [-0.3, -0.25) is 0 Å². The van der Waals surface area contributed by atoms with Gasteiger partial charge in [-0.25, -0.2) is 4.39 Å². The summed E-state index contributed by atoms with van der Waals surface area (Å²) in [6.45, 7) is 0. The Balaban J connectivity index is 2.50. The summed E-state index contributed by atoms with van der Waals surface area (Å²) in [7, 11) is 0. The highest BCUT2D eigenvalue weighted by Crippen LogP contribution is 2.28. The van der Waals surface area contributed by atoms with Crippen molar-refractivity contribution in [3.8, 4) is 6.07 Å². The van der Waals surface area contributed by atoms with Crippen LogP contribution in [0, 0.1) is 17.1 Å². The Morgan fingerprint density at radius 2 is 2.19 bits per heavy atom. The summed E-state index contributed by atoms with van der Waals surface area (Å²) < 4.78 is 14.4. The van der Waals surface area contributed by atoms with Gasteiger partial charge in [0, 0.05) is 22.4 Å². The average molecular weight is 279 g/mol. The normalized spacial score (nSPS) is 12.1. The largest absolute Gasteiger partial charge is 0.367 e. The summed E-state index contributed by atoms with van der Waals surface area (Å²) in [5.41, 5.74) is 1.15. The number of H-pyrrole nitrogens is 1. The number of hydrogen-bond acceptors (Lipinski definition) is 1. The first-order valence-corrected chi connectivity index (χ1v) is 5.49. The van der Waals surface area contributed by atoms with Crippen LogP contribution in [0.15, 0.2) is 41.1 Å². The molecule has 0 fully saturated rings. The van der Waals surface area contributed by atoms with Crippen LogP contribution in [-0.2, 0) is 0 Å². The molecule has 2 aromatic rings. The predicted molar refractivity (Wildman–Crippen MR) is 62.3 cm³/mol. The van der Waals surface area contributed by atoms with Crippen LogP contribution in [-0.4, -0.2) is 4.98 Å². The molecule has 16 heavy (non-hydrogen) atoms. The average Bonchev–Trinajstić information content (AvgIpc) is 2.78. The molecule has 2 rings (SSSR count). The van der Waals surface area contributed by atoms with Gasteiger partial charge in [-0.15, -0.1) is 0 Å². The van der Waals surface area contributed by atoms with Crippen LogP contribution in [0.4, 0.5) is 4.39 Å². The van der Waals surface area contributed by atoms with Crippen molar-refractivity contribution >= 4 is 15.9 Å². The molecule has 2 nitrogen and oxygen atoms in total. The van der Waals surface area contributed by atoms with Crippen molar-refractivity contribution in [3.63, 3.8) is 0 Å². The monoisotopic (exact) mass is 278 g/mol. The molecule has 0 saturated carbocycles. The van der Waals surface area contributed by atoms with Gasteiger partial charge in [-0.2, -0.15) is 5.26 Å². The molecule has 0 radical (unpaired) electrons. The van der Waals surface area contributed by atoms with Gasteiger partial charge in [0.2, 0.25) is 0 Å². The van der Waals surface area contributed by atoms with E-state index < -0.39 is 5.92 Å². The molecule has 80 valence electrons. The number of nitrogens with one attached hydrogen (secondary N) is 1. The fraction of sp³-hybridized carbons (Fsp3) is 0.0833. The van der Waals surface area contributed by atoms with Crippen LogP contribution >= 0.6 is 15.9 Å². The van der Waals surface area contributed by atoms with E-state index in [9.17, 15) is 4.39 Å². The van der Waals surface area contributed by atoms with Gasteiger partial charge in [-0.05, 0) is 29.8 Å². The summed E-state index contributed by atoms with van der Waals surface area (Å²) in [4.78, 5) is 2.86. The Bertz CT molecular complexity index is 528. The highest BCUT2D eigenvalue weighted by molar-refractivity contribution is 9.10. The molecule has 0 spiro atoms. The van der Waals surface area contributed by atoms with E-state index >= 15 is 0 Å². The van der Waals surface area contributed by atoms with E-state index in [4.69, 9.17) is 5.26 Å². The lowest BCUT2D eigenvalue weighted by Gasteiger charge is -2.09. The summed E-state index contributed by atoms with van der Waals surface area (Å²) in [6.07, 6.45) is 3.42. The molecule has 1 aromatic heterocycles. The fourth-order valence-corrected chi connectivity index (χ4v) is 1.95. The smallest absolute Gasteiger partial charge is 0.128 e. The third-order valence-corrected chi connectivity index (χ3v) is 2.85. The summed E-state index contributed by atoms with van der Waals surface area (Å²) >= 11 is 3.27. The van der Waals surface area contributed by atoms with E-state index in [1.54, 1.807) is 30.6 Å². The number of benzene rings is 1. The molecule has 0 aliphatic heterocycles. The minimum atomic E-state index is -0.580. The first kappa shape index (κ1) is 10.9. The Morgan fingerprint density at radius 1 is 1.38 bits per heavy atom. The van der Waals surface area contributed by atoms with Crippen molar-refractivity contribution in [1.29, 1.82) is 5.26 Å². The summed E-state index contributed by atoms with van der Waals surface area (Å²) in [5.74, 6) is -0.945. The van der Waals surface area contributed by atoms with E-state index in [-0.39, 0.29) is 5.82 Å². The maximum atomic E-state index is 13.6. The summed E-state index contributed by atoms with van der Waals surface area (Å²) in [5, 5.41) is 9.12. The van der Waals surface area contributed by atoms with Gasteiger partial charge in [0.1, 0.15) is 11.7 Å². The van der Waals surface area contributed by atoms with Crippen molar-refractivity contribution < 1.29 is 4.39 Å². The van der Waals surface area contributed by atoms with Gasteiger partial charge >= 0.3 is 0 Å². The van der Waals surface area contributed by atoms with Gasteiger partial charge in [0.25, 0.3) is 0 Å². The van der Waals surface area contributed by atoms with Gasteiger partial charge < -0.3 is 4.98 Å². The lowest BCUT2D eigenvalue weighted by molar-refractivity contribution is 0.609. The third-order valence-electron chi connectivity index (χ3n) is 2.35. The number of nitrogens with zero attached hydrogens (tertiary/aromatic N) is 1. The van der Waals surface area contributed by atoms with E-state index in [1.807, 2.05) is 0 Å². The Hall–Kier alpha value is -1.60. The van der Waals surface area contributed by atoms with Crippen LogP contribution in [0.2, 0.25) is 0 Å². The Morgan fingerprint density at radius 3 is 2.81 bits per heavy atom. The molecule has 0 aliphatic rings. The predicted octanol–water partition coefficient (Wildman–Crippen LogP) is 3.57.